The minimum absolute atomic E-state index is 0.00488. The molecule has 3 amide bonds. The Kier molecular flexibility index (Phi) is 8.51. The minimum atomic E-state index is -1.02. The maximum atomic E-state index is 14.1. The summed E-state index contributed by atoms with van der Waals surface area (Å²) in [4.78, 5) is 42.2. The summed E-state index contributed by atoms with van der Waals surface area (Å²) in [5, 5.41) is 15.9. The van der Waals surface area contributed by atoms with Crippen LogP contribution < -0.4 is 10.6 Å². The smallest absolute Gasteiger partial charge is 0.408 e. The van der Waals surface area contributed by atoms with Crippen molar-refractivity contribution < 1.29 is 24.2 Å². The fourth-order valence-electron chi connectivity index (χ4n) is 4.33. The van der Waals surface area contributed by atoms with Crippen molar-refractivity contribution in [2.75, 3.05) is 5.32 Å². The van der Waals surface area contributed by atoms with Crippen LogP contribution in [0.1, 0.15) is 65.1 Å². The van der Waals surface area contributed by atoms with Crippen molar-refractivity contribution in [2.45, 2.75) is 78.6 Å². The molecule has 2 aromatic rings. The number of para-hydroxylation sites is 1. The number of anilines is 1. The molecular weight excluding hydrogens is 470 g/mol. The zero-order valence-corrected chi connectivity index (χ0v) is 22.7. The van der Waals surface area contributed by atoms with Crippen LogP contribution in [0.2, 0.25) is 0 Å². The summed E-state index contributed by atoms with van der Waals surface area (Å²) in [5.41, 5.74) is 1.28. The highest BCUT2D eigenvalue weighted by Crippen LogP contribution is 2.41. The van der Waals surface area contributed by atoms with Crippen LogP contribution in [0.3, 0.4) is 0 Å². The van der Waals surface area contributed by atoms with Crippen LogP contribution in [0.4, 0.5) is 10.5 Å². The van der Waals surface area contributed by atoms with Gasteiger partial charge in [0.1, 0.15) is 23.4 Å². The zero-order valence-electron chi connectivity index (χ0n) is 22.7. The average Bonchev–Trinajstić information content (AvgIpc) is 3.51. The Morgan fingerprint density at radius 3 is 2.27 bits per heavy atom. The molecule has 4 unspecified atom stereocenters. The zero-order chi connectivity index (χ0) is 27.5. The lowest BCUT2D eigenvalue weighted by molar-refractivity contribution is -0.142. The number of phenols is 1. The number of alkyl carbamates (subject to hydrolysis) is 1. The predicted molar refractivity (Wildman–Crippen MR) is 143 cm³/mol. The van der Waals surface area contributed by atoms with E-state index in [0.29, 0.717) is 11.3 Å². The molecule has 200 valence electrons. The van der Waals surface area contributed by atoms with Crippen molar-refractivity contribution in [3.63, 3.8) is 0 Å². The van der Waals surface area contributed by atoms with Gasteiger partial charge in [-0.15, -0.1) is 0 Å². The highest BCUT2D eigenvalue weighted by atomic mass is 16.6. The van der Waals surface area contributed by atoms with Crippen molar-refractivity contribution in [2.24, 2.45) is 11.8 Å². The number of rotatable bonds is 8. The third-order valence-electron chi connectivity index (χ3n) is 6.40. The summed E-state index contributed by atoms with van der Waals surface area (Å²) in [6.07, 6.45) is 0.0391. The second-order valence-corrected chi connectivity index (χ2v) is 11.2. The van der Waals surface area contributed by atoms with Gasteiger partial charge in [-0.2, -0.15) is 0 Å². The number of hydrogen-bond donors (Lipinski definition) is 3. The average molecular weight is 510 g/mol. The normalized spacial score (nSPS) is 18.5. The number of hydrogen-bond acceptors (Lipinski definition) is 5. The molecule has 2 aromatic carbocycles. The molecule has 1 saturated carbocycles. The SMILES string of the molecule is Cc1ccccc1NC(=O)C(c1cccc(O)c1)N(C(=O)C(NC(=O)OC(C)(C)C)C(C)C)C1CC1C. The number of aryl methyl sites for hydroxylation is 1. The van der Waals surface area contributed by atoms with Gasteiger partial charge >= 0.3 is 6.09 Å². The largest absolute Gasteiger partial charge is 0.508 e. The molecule has 1 fully saturated rings. The van der Waals surface area contributed by atoms with Crippen LogP contribution in [0.5, 0.6) is 5.75 Å². The Balaban J connectivity index is 2.02. The molecule has 4 atom stereocenters. The summed E-state index contributed by atoms with van der Waals surface area (Å²) < 4.78 is 5.41. The first-order valence-corrected chi connectivity index (χ1v) is 12.8. The lowest BCUT2D eigenvalue weighted by Crippen LogP contribution is -2.55. The first-order chi connectivity index (χ1) is 17.3. The molecule has 0 bridgehead atoms. The molecular formula is C29H39N3O5. The third kappa shape index (κ3) is 7.24. The number of benzene rings is 2. The van der Waals surface area contributed by atoms with E-state index in [2.05, 4.69) is 10.6 Å². The monoisotopic (exact) mass is 509 g/mol. The highest BCUT2D eigenvalue weighted by molar-refractivity contribution is 5.99. The van der Waals surface area contributed by atoms with E-state index in [-0.39, 0.29) is 29.5 Å². The van der Waals surface area contributed by atoms with Gasteiger partial charge in [-0.25, -0.2) is 4.79 Å². The van der Waals surface area contributed by atoms with E-state index in [1.54, 1.807) is 43.9 Å². The van der Waals surface area contributed by atoms with Crippen LogP contribution in [-0.4, -0.2) is 45.6 Å². The third-order valence-corrected chi connectivity index (χ3v) is 6.40. The van der Waals surface area contributed by atoms with Crippen LogP contribution >= 0.6 is 0 Å². The molecule has 0 spiro atoms. The first kappa shape index (κ1) is 28.0. The summed E-state index contributed by atoms with van der Waals surface area (Å²) in [6, 6.07) is 11.7. The van der Waals surface area contributed by atoms with E-state index < -0.39 is 29.7 Å². The Morgan fingerprint density at radius 1 is 1.08 bits per heavy atom. The Morgan fingerprint density at radius 2 is 1.73 bits per heavy atom. The topological polar surface area (TPSA) is 108 Å². The maximum absolute atomic E-state index is 14.1. The summed E-state index contributed by atoms with van der Waals surface area (Å²) >= 11 is 0. The Bertz CT molecular complexity index is 1140. The lowest BCUT2D eigenvalue weighted by atomic mass is 9.98. The summed E-state index contributed by atoms with van der Waals surface area (Å²) in [5.74, 6) is -0.851. The molecule has 8 nitrogen and oxygen atoms in total. The second-order valence-electron chi connectivity index (χ2n) is 11.2. The van der Waals surface area contributed by atoms with Crippen LogP contribution in [0, 0.1) is 18.8 Å². The molecule has 3 rings (SSSR count). The fraction of sp³-hybridized carbons (Fsp3) is 0.483. The molecule has 1 aliphatic carbocycles. The molecule has 1 aliphatic rings. The molecule has 8 heteroatoms. The number of carbonyl (C=O) groups excluding carboxylic acids is 3. The number of phenolic OH excluding ortho intramolecular Hbond substituents is 1. The van der Waals surface area contributed by atoms with Gasteiger partial charge in [-0.1, -0.05) is 51.1 Å². The highest BCUT2D eigenvalue weighted by Gasteiger charge is 2.48. The number of carbonyl (C=O) groups is 3. The molecule has 0 radical (unpaired) electrons. The van der Waals surface area contributed by atoms with E-state index in [1.807, 2.05) is 45.9 Å². The fourth-order valence-corrected chi connectivity index (χ4v) is 4.33. The van der Waals surface area contributed by atoms with Crippen molar-refractivity contribution in [3.05, 3.63) is 59.7 Å². The first-order valence-electron chi connectivity index (χ1n) is 12.8. The lowest BCUT2D eigenvalue weighted by Gasteiger charge is -2.36. The van der Waals surface area contributed by atoms with Crippen molar-refractivity contribution in [1.82, 2.24) is 10.2 Å². The summed E-state index contributed by atoms with van der Waals surface area (Å²) in [6.45, 7) is 12.9. The van der Waals surface area contributed by atoms with Crippen molar-refractivity contribution in [1.29, 1.82) is 0 Å². The maximum Gasteiger partial charge on any atom is 0.408 e. The van der Waals surface area contributed by atoms with Gasteiger partial charge in [0, 0.05) is 11.7 Å². The minimum Gasteiger partial charge on any atom is -0.508 e. The van der Waals surface area contributed by atoms with Gasteiger partial charge in [-0.05, 0) is 75.3 Å². The molecule has 3 N–H and O–H groups in total. The van der Waals surface area contributed by atoms with Crippen molar-refractivity contribution in [3.8, 4) is 5.75 Å². The molecule has 0 aromatic heterocycles. The van der Waals surface area contributed by atoms with Gasteiger partial charge in [0.05, 0.1) is 0 Å². The molecule has 0 saturated heterocycles. The standard InChI is InChI=1S/C29H39N3O5/c1-17(2)24(31-28(36)37-29(5,6)7)27(35)32(23-15-19(23)4)25(20-12-10-13-21(33)16-20)26(34)30-22-14-9-8-11-18(22)3/h8-14,16-17,19,23-25,33H,15H2,1-7H3,(H,30,34)(H,31,36). The number of nitrogens with zero attached hydrogens (tertiary/aromatic N) is 1. The quantitative estimate of drug-likeness (QED) is 0.455. The van der Waals surface area contributed by atoms with Gasteiger partial charge in [0.2, 0.25) is 5.91 Å². The number of aromatic hydroxyl groups is 1. The van der Waals surface area contributed by atoms with E-state index in [4.69, 9.17) is 4.74 Å². The van der Waals surface area contributed by atoms with Gasteiger partial charge in [0.15, 0.2) is 0 Å². The molecule has 37 heavy (non-hydrogen) atoms. The van der Waals surface area contributed by atoms with E-state index in [9.17, 15) is 19.5 Å². The Hall–Kier alpha value is -3.55. The number of nitrogens with one attached hydrogen (secondary N) is 2. The molecule has 0 aliphatic heterocycles. The van der Waals surface area contributed by atoms with Gasteiger partial charge in [-0.3, -0.25) is 9.59 Å². The van der Waals surface area contributed by atoms with Crippen LogP contribution in [0.15, 0.2) is 48.5 Å². The predicted octanol–water partition coefficient (Wildman–Crippen LogP) is 5.17. The van der Waals surface area contributed by atoms with Gasteiger partial charge in [0.25, 0.3) is 5.91 Å². The van der Waals surface area contributed by atoms with Gasteiger partial charge < -0.3 is 25.4 Å². The van der Waals surface area contributed by atoms with Crippen LogP contribution in [0.25, 0.3) is 0 Å². The van der Waals surface area contributed by atoms with E-state index in [0.717, 1.165) is 12.0 Å². The Labute approximate surface area is 219 Å². The van der Waals surface area contributed by atoms with E-state index in [1.165, 1.54) is 12.1 Å². The number of ether oxygens (including phenoxy) is 1. The second kappa shape index (κ2) is 11.2. The number of amides is 3. The van der Waals surface area contributed by atoms with Crippen molar-refractivity contribution >= 4 is 23.6 Å². The van der Waals surface area contributed by atoms with E-state index >= 15 is 0 Å². The van der Waals surface area contributed by atoms with Crippen LogP contribution in [-0.2, 0) is 14.3 Å². The summed E-state index contributed by atoms with van der Waals surface area (Å²) in [7, 11) is 0. The molecule has 0 heterocycles.